The maximum absolute atomic E-state index is 12.6. The molecule has 0 aliphatic rings. The van der Waals surface area contributed by atoms with E-state index in [1.165, 1.54) is 11.3 Å². The molecule has 0 N–H and O–H groups in total. The molecule has 26 heavy (non-hydrogen) atoms. The summed E-state index contributed by atoms with van der Waals surface area (Å²) in [4.78, 5) is 17.6. The number of benzene rings is 2. The van der Waals surface area contributed by atoms with Crippen molar-refractivity contribution in [2.45, 2.75) is 13.0 Å². The minimum absolute atomic E-state index is 0.162. The van der Waals surface area contributed by atoms with Crippen LogP contribution in [-0.2, 0) is 17.8 Å². The molecule has 0 atom stereocenters. The SMILES string of the molecule is C=CCn1c(=NC(=O)Cc2ccc(OC)cc2OC)sc2ccccc21. The van der Waals surface area contributed by atoms with E-state index in [1.807, 2.05) is 41.0 Å². The Morgan fingerprint density at radius 3 is 2.77 bits per heavy atom. The maximum atomic E-state index is 12.6. The Bertz CT molecular complexity index is 1020. The van der Waals surface area contributed by atoms with Crippen LogP contribution in [0.2, 0.25) is 0 Å². The van der Waals surface area contributed by atoms with E-state index in [0.717, 1.165) is 15.8 Å². The van der Waals surface area contributed by atoms with Crippen molar-refractivity contribution in [3.05, 3.63) is 65.5 Å². The predicted octanol–water partition coefficient (Wildman–Crippen LogP) is 3.58. The van der Waals surface area contributed by atoms with Crippen molar-refractivity contribution in [1.29, 1.82) is 0 Å². The molecule has 134 valence electrons. The molecular formula is C20H20N2O3S. The Morgan fingerprint density at radius 2 is 2.04 bits per heavy atom. The molecular weight excluding hydrogens is 348 g/mol. The third kappa shape index (κ3) is 3.70. The van der Waals surface area contributed by atoms with Gasteiger partial charge in [-0.25, -0.2) is 0 Å². The number of thiazole rings is 1. The van der Waals surface area contributed by atoms with Crippen molar-refractivity contribution in [3.8, 4) is 11.5 Å². The average Bonchev–Trinajstić information content (AvgIpc) is 2.99. The van der Waals surface area contributed by atoms with Gasteiger partial charge in [-0.1, -0.05) is 35.6 Å². The van der Waals surface area contributed by atoms with Crippen LogP contribution in [0.15, 0.2) is 60.1 Å². The molecule has 2 aromatic carbocycles. The normalized spacial score (nSPS) is 11.5. The minimum Gasteiger partial charge on any atom is -0.497 e. The molecule has 0 saturated heterocycles. The molecule has 3 aromatic rings. The van der Waals surface area contributed by atoms with Crippen LogP contribution in [0, 0.1) is 0 Å². The molecule has 0 unspecified atom stereocenters. The van der Waals surface area contributed by atoms with Gasteiger partial charge in [-0.05, 0) is 18.2 Å². The standard InChI is InChI=1S/C20H20N2O3S/c1-4-11-22-16-7-5-6-8-18(16)26-20(22)21-19(23)12-14-9-10-15(24-2)13-17(14)25-3/h4-10,13H,1,11-12H2,2-3H3. The number of para-hydroxylation sites is 1. The third-order valence-electron chi connectivity index (χ3n) is 3.96. The number of hydrogen-bond acceptors (Lipinski definition) is 4. The lowest BCUT2D eigenvalue weighted by molar-refractivity contribution is -0.117. The summed E-state index contributed by atoms with van der Waals surface area (Å²) in [5.41, 5.74) is 1.82. The average molecular weight is 368 g/mol. The fraction of sp³-hybridized carbons (Fsp3) is 0.200. The summed E-state index contributed by atoms with van der Waals surface area (Å²) in [6.45, 7) is 4.40. The van der Waals surface area contributed by atoms with Crippen molar-refractivity contribution in [2.24, 2.45) is 4.99 Å². The third-order valence-corrected chi connectivity index (χ3v) is 5.02. The van der Waals surface area contributed by atoms with Crippen LogP contribution in [0.5, 0.6) is 11.5 Å². The molecule has 0 bridgehead atoms. The molecule has 0 fully saturated rings. The summed E-state index contributed by atoms with van der Waals surface area (Å²) >= 11 is 1.50. The van der Waals surface area contributed by atoms with E-state index >= 15 is 0 Å². The highest BCUT2D eigenvalue weighted by atomic mass is 32.1. The second-order valence-corrected chi connectivity index (χ2v) is 6.62. The van der Waals surface area contributed by atoms with Crippen LogP contribution < -0.4 is 14.3 Å². The van der Waals surface area contributed by atoms with E-state index in [4.69, 9.17) is 9.47 Å². The highest BCUT2D eigenvalue weighted by Gasteiger charge is 2.11. The van der Waals surface area contributed by atoms with Crippen LogP contribution in [0.4, 0.5) is 0 Å². The van der Waals surface area contributed by atoms with Crippen molar-refractivity contribution in [1.82, 2.24) is 4.57 Å². The highest BCUT2D eigenvalue weighted by molar-refractivity contribution is 7.16. The van der Waals surface area contributed by atoms with Crippen molar-refractivity contribution in [3.63, 3.8) is 0 Å². The van der Waals surface area contributed by atoms with Crippen LogP contribution >= 0.6 is 11.3 Å². The summed E-state index contributed by atoms with van der Waals surface area (Å²) < 4.78 is 13.6. The van der Waals surface area contributed by atoms with Gasteiger partial charge >= 0.3 is 0 Å². The van der Waals surface area contributed by atoms with Gasteiger partial charge in [0.25, 0.3) is 5.91 Å². The van der Waals surface area contributed by atoms with Gasteiger partial charge in [-0.15, -0.1) is 6.58 Å². The van der Waals surface area contributed by atoms with E-state index in [0.29, 0.717) is 22.8 Å². The summed E-state index contributed by atoms with van der Waals surface area (Å²) in [6.07, 6.45) is 1.96. The van der Waals surface area contributed by atoms with Gasteiger partial charge < -0.3 is 14.0 Å². The monoisotopic (exact) mass is 368 g/mol. The van der Waals surface area contributed by atoms with Gasteiger partial charge in [0.05, 0.1) is 30.9 Å². The molecule has 1 heterocycles. The summed E-state index contributed by atoms with van der Waals surface area (Å²) in [5, 5.41) is 0. The quantitative estimate of drug-likeness (QED) is 0.625. The zero-order valence-corrected chi connectivity index (χ0v) is 15.6. The molecule has 0 aliphatic carbocycles. The van der Waals surface area contributed by atoms with Gasteiger partial charge in [0.15, 0.2) is 4.80 Å². The first-order valence-corrected chi connectivity index (χ1v) is 8.95. The molecule has 0 saturated carbocycles. The Morgan fingerprint density at radius 1 is 1.23 bits per heavy atom. The van der Waals surface area contributed by atoms with E-state index < -0.39 is 0 Å². The lowest BCUT2D eigenvalue weighted by atomic mass is 10.1. The topological polar surface area (TPSA) is 52.8 Å². The molecule has 3 rings (SSSR count). The van der Waals surface area contributed by atoms with Gasteiger partial charge in [-0.2, -0.15) is 4.99 Å². The number of carbonyl (C=O) groups excluding carboxylic acids is 1. The van der Waals surface area contributed by atoms with Crippen molar-refractivity contribution in [2.75, 3.05) is 14.2 Å². The fourth-order valence-corrected chi connectivity index (χ4v) is 3.78. The lowest BCUT2D eigenvalue weighted by Crippen LogP contribution is -2.17. The Kier molecular flexibility index (Phi) is 5.53. The zero-order chi connectivity index (χ0) is 18.5. The first-order valence-electron chi connectivity index (χ1n) is 8.14. The molecule has 5 nitrogen and oxygen atoms in total. The Labute approximate surface area is 155 Å². The molecule has 0 aliphatic heterocycles. The molecule has 1 amide bonds. The van der Waals surface area contributed by atoms with Crippen LogP contribution in [0.1, 0.15) is 5.56 Å². The van der Waals surface area contributed by atoms with Crippen LogP contribution in [0.25, 0.3) is 10.2 Å². The number of fused-ring (bicyclic) bond motifs is 1. The number of ether oxygens (including phenoxy) is 2. The number of nitrogens with zero attached hydrogens (tertiary/aromatic N) is 2. The fourth-order valence-electron chi connectivity index (χ4n) is 2.72. The second-order valence-electron chi connectivity index (χ2n) is 5.61. The van der Waals surface area contributed by atoms with Crippen molar-refractivity contribution >= 4 is 27.5 Å². The van der Waals surface area contributed by atoms with E-state index in [1.54, 1.807) is 26.4 Å². The first kappa shape index (κ1) is 17.9. The smallest absolute Gasteiger partial charge is 0.252 e. The Balaban J connectivity index is 1.96. The zero-order valence-electron chi connectivity index (χ0n) is 14.8. The summed E-state index contributed by atoms with van der Waals surface area (Å²) in [6, 6.07) is 13.4. The van der Waals surface area contributed by atoms with Gasteiger partial charge in [-0.3, -0.25) is 4.79 Å². The maximum Gasteiger partial charge on any atom is 0.252 e. The second kappa shape index (κ2) is 8.01. The number of methoxy groups -OCH3 is 2. The number of amides is 1. The molecule has 0 spiro atoms. The van der Waals surface area contributed by atoms with Crippen LogP contribution in [-0.4, -0.2) is 24.7 Å². The van der Waals surface area contributed by atoms with Crippen LogP contribution in [0.3, 0.4) is 0 Å². The highest BCUT2D eigenvalue weighted by Crippen LogP contribution is 2.25. The largest absolute Gasteiger partial charge is 0.497 e. The summed E-state index contributed by atoms with van der Waals surface area (Å²) in [5.74, 6) is 1.07. The predicted molar refractivity (Wildman–Crippen MR) is 104 cm³/mol. The first-order chi connectivity index (χ1) is 12.7. The Hall–Kier alpha value is -2.86. The number of hydrogen-bond donors (Lipinski definition) is 0. The van der Waals surface area contributed by atoms with Gasteiger partial charge in [0.2, 0.25) is 0 Å². The van der Waals surface area contributed by atoms with E-state index in [9.17, 15) is 4.79 Å². The molecule has 1 aromatic heterocycles. The molecule has 6 heteroatoms. The summed E-state index contributed by atoms with van der Waals surface area (Å²) in [7, 11) is 3.17. The lowest BCUT2D eigenvalue weighted by Gasteiger charge is -2.08. The minimum atomic E-state index is -0.224. The van der Waals surface area contributed by atoms with Crippen molar-refractivity contribution < 1.29 is 14.3 Å². The number of aromatic nitrogens is 1. The van der Waals surface area contributed by atoms with Gasteiger partial charge in [0, 0.05) is 18.2 Å². The number of allylic oxidation sites excluding steroid dienone is 1. The molecule has 0 radical (unpaired) electrons. The number of carbonyl (C=O) groups is 1. The number of rotatable bonds is 6. The van der Waals surface area contributed by atoms with Gasteiger partial charge in [0.1, 0.15) is 11.5 Å². The van der Waals surface area contributed by atoms with E-state index in [-0.39, 0.29) is 12.3 Å². The van der Waals surface area contributed by atoms with E-state index in [2.05, 4.69) is 11.6 Å².